The van der Waals surface area contributed by atoms with E-state index in [0.717, 1.165) is 31.1 Å². The van der Waals surface area contributed by atoms with Gasteiger partial charge in [0.15, 0.2) is 0 Å². The van der Waals surface area contributed by atoms with Crippen LogP contribution < -0.4 is 0 Å². The normalized spacial score (nSPS) is 18.8. The summed E-state index contributed by atoms with van der Waals surface area (Å²) in [5.74, 6) is 1.06. The standard InChI is InChI=1S/C23H31NO/c1-18-8-10-22(11-9-18)23(25)19(2)17-24-14-12-21(13-15-24)16-20-6-4-3-5-7-20/h3-11,19,21,23,25H,12-17H2,1-2H3/t19-,23+/m0/s1. The number of piperidine rings is 1. The largest absolute Gasteiger partial charge is 0.388 e. The number of benzene rings is 2. The van der Waals surface area contributed by atoms with Crippen molar-refractivity contribution < 1.29 is 5.11 Å². The van der Waals surface area contributed by atoms with E-state index in [9.17, 15) is 5.11 Å². The minimum atomic E-state index is -0.373. The quantitative estimate of drug-likeness (QED) is 0.831. The Balaban J connectivity index is 1.46. The van der Waals surface area contributed by atoms with E-state index >= 15 is 0 Å². The maximum Gasteiger partial charge on any atom is 0.0827 e. The number of aliphatic hydroxyl groups is 1. The van der Waals surface area contributed by atoms with Gasteiger partial charge in [-0.05, 0) is 62.2 Å². The molecule has 0 amide bonds. The fraction of sp³-hybridized carbons (Fsp3) is 0.478. The number of hydrogen-bond donors (Lipinski definition) is 1. The summed E-state index contributed by atoms with van der Waals surface area (Å²) in [4.78, 5) is 2.53. The van der Waals surface area contributed by atoms with Crippen LogP contribution >= 0.6 is 0 Å². The lowest BCUT2D eigenvalue weighted by molar-refractivity contribution is 0.0752. The van der Waals surface area contributed by atoms with Gasteiger partial charge in [0, 0.05) is 6.54 Å². The first-order chi connectivity index (χ1) is 12.1. The Kier molecular flexibility index (Phi) is 6.28. The minimum absolute atomic E-state index is 0.258. The first-order valence-corrected chi connectivity index (χ1v) is 9.62. The van der Waals surface area contributed by atoms with Gasteiger partial charge in [0.1, 0.15) is 0 Å². The topological polar surface area (TPSA) is 23.5 Å². The monoisotopic (exact) mass is 337 g/mol. The molecule has 1 aliphatic rings. The molecule has 134 valence electrons. The Bertz CT molecular complexity index is 629. The van der Waals surface area contributed by atoms with Gasteiger partial charge in [-0.1, -0.05) is 67.1 Å². The van der Waals surface area contributed by atoms with Crippen LogP contribution in [-0.4, -0.2) is 29.6 Å². The highest BCUT2D eigenvalue weighted by Gasteiger charge is 2.23. The van der Waals surface area contributed by atoms with Crippen molar-refractivity contribution in [3.63, 3.8) is 0 Å². The van der Waals surface area contributed by atoms with Gasteiger partial charge in [0.25, 0.3) is 0 Å². The molecule has 0 bridgehead atoms. The lowest BCUT2D eigenvalue weighted by Gasteiger charge is -2.34. The molecule has 0 radical (unpaired) electrons. The fourth-order valence-electron chi connectivity index (χ4n) is 3.92. The Labute approximate surface area is 152 Å². The molecule has 1 N–H and O–H groups in total. The van der Waals surface area contributed by atoms with Crippen LogP contribution in [0.25, 0.3) is 0 Å². The molecule has 2 heteroatoms. The zero-order valence-electron chi connectivity index (χ0n) is 15.6. The van der Waals surface area contributed by atoms with Gasteiger partial charge in [0.2, 0.25) is 0 Å². The second-order valence-corrected chi connectivity index (χ2v) is 7.77. The van der Waals surface area contributed by atoms with E-state index in [0.29, 0.717) is 0 Å². The van der Waals surface area contributed by atoms with Crippen molar-refractivity contribution in [1.82, 2.24) is 4.90 Å². The van der Waals surface area contributed by atoms with Crippen LogP contribution in [0.2, 0.25) is 0 Å². The zero-order chi connectivity index (χ0) is 17.6. The van der Waals surface area contributed by atoms with Crippen molar-refractivity contribution in [2.45, 2.75) is 39.2 Å². The van der Waals surface area contributed by atoms with Crippen molar-refractivity contribution >= 4 is 0 Å². The van der Waals surface area contributed by atoms with E-state index in [4.69, 9.17) is 0 Å². The highest BCUT2D eigenvalue weighted by Crippen LogP contribution is 2.26. The maximum atomic E-state index is 10.6. The molecular formula is C23H31NO. The Morgan fingerprint density at radius 2 is 1.64 bits per heavy atom. The summed E-state index contributed by atoms with van der Waals surface area (Å²) in [6, 6.07) is 19.1. The summed E-state index contributed by atoms with van der Waals surface area (Å²) >= 11 is 0. The zero-order valence-corrected chi connectivity index (χ0v) is 15.6. The average molecular weight is 338 g/mol. The van der Waals surface area contributed by atoms with Gasteiger partial charge in [-0.25, -0.2) is 0 Å². The summed E-state index contributed by atoms with van der Waals surface area (Å²) in [5, 5.41) is 10.6. The van der Waals surface area contributed by atoms with Crippen LogP contribution in [0.4, 0.5) is 0 Å². The molecule has 25 heavy (non-hydrogen) atoms. The molecule has 2 aromatic carbocycles. The molecule has 2 nitrogen and oxygen atoms in total. The Morgan fingerprint density at radius 1 is 1.00 bits per heavy atom. The summed E-state index contributed by atoms with van der Waals surface area (Å²) in [7, 11) is 0. The Hall–Kier alpha value is -1.64. The van der Waals surface area contributed by atoms with Crippen LogP contribution in [0, 0.1) is 18.8 Å². The number of aliphatic hydroxyl groups excluding tert-OH is 1. The molecule has 3 rings (SSSR count). The molecule has 1 saturated heterocycles. The molecule has 2 atom stereocenters. The lowest BCUT2D eigenvalue weighted by Crippen LogP contribution is -2.38. The van der Waals surface area contributed by atoms with Gasteiger partial charge in [-0.3, -0.25) is 0 Å². The summed E-state index contributed by atoms with van der Waals surface area (Å²) in [5.41, 5.74) is 3.74. The third-order valence-electron chi connectivity index (χ3n) is 5.58. The van der Waals surface area contributed by atoms with E-state index in [1.165, 1.54) is 30.4 Å². The van der Waals surface area contributed by atoms with Crippen LogP contribution in [0.1, 0.15) is 42.6 Å². The molecule has 1 aliphatic heterocycles. The molecule has 0 aromatic heterocycles. The molecule has 1 fully saturated rings. The number of hydrogen-bond acceptors (Lipinski definition) is 2. The van der Waals surface area contributed by atoms with E-state index in [2.05, 4.69) is 73.3 Å². The fourth-order valence-corrected chi connectivity index (χ4v) is 3.92. The van der Waals surface area contributed by atoms with Crippen LogP contribution in [-0.2, 0) is 6.42 Å². The third-order valence-corrected chi connectivity index (χ3v) is 5.58. The van der Waals surface area contributed by atoms with Gasteiger partial charge in [-0.2, -0.15) is 0 Å². The lowest BCUT2D eigenvalue weighted by atomic mass is 9.89. The molecule has 0 spiro atoms. The first-order valence-electron chi connectivity index (χ1n) is 9.62. The van der Waals surface area contributed by atoms with E-state index in [1.54, 1.807) is 0 Å². The molecule has 0 aliphatic carbocycles. The summed E-state index contributed by atoms with van der Waals surface area (Å²) < 4.78 is 0. The van der Waals surface area contributed by atoms with Gasteiger partial charge in [0.05, 0.1) is 6.10 Å². The molecule has 0 saturated carbocycles. The predicted octanol–water partition coefficient (Wildman–Crippen LogP) is 4.62. The average Bonchev–Trinajstić information content (AvgIpc) is 2.64. The molecule has 2 aromatic rings. The van der Waals surface area contributed by atoms with Crippen molar-refractivity contribution in [2.75, 3.05) is 19.6 Å². The maximum absolute atomic E-state index is 10.6. The summed E-state index contributed by atoms with van der Waals surface area (Å²) in [6.07, 6.45) is 3.36. The first kappa shape index (κ1) is 18.2. The van der Waals surface area contributed by atoms with Crippen molar-refractivity contribution in [3.05, 3.63) is 71.3 Å². The third kappa shape index (κ3) is 5.17. The van der Waals surface area contributed by atoms with Gasteiger partial charge < -0.3 is 10.0 Å². The van der Waals surface area contributed by atoms with Crippen molar-refractivity contribution in [3.8, 4) is 0 Å². The second-order valence-electron chi connectivity index (χ2n) is 7.77. The van der Waals surface area contributed by atoms with E-state index < -0.39 is 0 Å². The van der Waals surface area contributed by atoms with Crippen LogP contribution in [0.15, 0.2) is 54.6 Å². The SMILES string of the molecule is Cc1ccc([C@H](O)[C@@H](C)CN2CCC(Cc3ccccc3)CC2)cc1. The smallest absolute Gasteiger partial charge is 0.0827 e. The molecule has 1 heterocycles. The highest BCUT2D eigenvalue weighted by atomic mass is 16.3. The second kappa shape index (κ2) is 8.64. The van der Waals surface area contributed by atoms with Crippen molar-refractivity contribution in [2.24, 2.45) is 11.8 Å². The van der Waals surface area contributed by atoms with E-state index in [1.807, 2.05) is 0 Å². The van der Waals surface area contributed by atoms with Gasteiger partial charge in [-0.15, -0.1) is 0 Å². The number of likely N-dealkylation sites (tertiary alicyclic amines) is 1. The highest BCUT2D eigenvalue weighted by molar-refractivity contribution is 5.23. The van der Waals surface area contributed by atoms with Crippen LogP contribution in [0.3, 0.4) is 0 Å². The predicted molar refractivity (Wildman–Crippen MR) is 105 cm³/mol. The number of rotatable bonds is 6. The number of nitrogens with zero attached hydrogens (tertiary/aromatic N) is 1. The Morgan fingerprint density at radius 3 is 2.28 bits per heavy atom. The summed E-state index contributed by atoms with van der Waals surface area (Å²) in [6.45, 7) is 7.54. The van der Waals surface area contributed by atoms with Crippen molar-refractivity contribution in [1.29, 1.82) is 0 Å². The van der Waals surface area contributed by atoms with Crippen LogP contribution in [0.5, 0.6) is 0 Å². The van der Waals surface area contributed by atoms with Gasteiger partial charge >= 0.3 is 0 Å². The minimum Gasteiger partial charge on any atom is -0.388 e. The van der Waals surface area contributed by atoms with E-state index in [-0.39, 0.29) is 12.0 Å². The number of aryl methyl sites for hydroxylation is 1. The molecule has 0 unspecified atom stereocenters. The molecular weight excluding hydrogens is 306 g/mol.